The molecule has 2 saturated heterocycles. The summed E-state index contributed by atoms with van der Waals surface area (Å²) in [7, 11) is 5.98. The molecular formula is C79H118N10O25S. The van der Waals surface area contributed by atoms with Crippen LogP contribution in [-0.2, 0) is 123 Å². The number of carbonyl (C=O) groups is 9. The molecule has 5 heterocycles. The van der Waals surface area contributed by atoms with Gasteiger partial charge in [0.2, 0.25) is 35.8 Å². The molecule has 115 heavy (non-hydrogen) atoms. The van der Waals surface area contributed by atoms with E-state index in [1.807, 2.05) is 19.9 Å². The number of nitrogens with zero attached hydrogens (tertiary/aromatic N) is 7. The molecule has 8 amide bonds. The van der Waals surface area contributed by atoms with Crippen molar-refractivity contribution in [3.8, 4) is 5.75 Å². The highest BCUT2D eigenvalue weighted by molar-refractivity contribution is 7.19. The fourth-order valence-corrected chi connectivity index (χ4v) is 15.0. The number of likely N-dealkylation sites (tertiary alicyclic amines) is 1. The number of carboxylic acids is 1. The Morgan fingerprint density at radius 1 is 0.748 bits per heavy atom. The molecule has 7 N–H and O–H groups in total. The number of amides is 8. The molecule has 36 heteroatoms. The number of aliphatic carboxylic acids is 1. The number of nitrogens with one attached hydrogen (secondary N) is 3. The van der Waals surface area contributed by atoms with Crippen molar-refractivity contribution in [2.24, 2.45) is 23.7 Å². The summed E-state index contributed by atoms with van der Waals surface area (Å²) >= 11 is 1.28. The number of carboxylic acid groups (broad SMARTS) is 1. The molecule has 3 aliphatic heterocycles. The average Bonchev–Trinajstić information content (AvgIpc) is 1.68. The number of hydrogen-bond donors (Lipinski definition) is 7. The van der Waals surface area contributed by atoms with Gasteiger partial charge in [0.15, 0.2) is 0 Å². The van der Waals surface area contributed by atoms with Crippen LogP contribution < -0.4 is 20.7 Å². The lowest BCUT2D eigenvalue weighted by molar-refractivity contribution is -0.229. The highest BCUT2D eigenvalue weighted by atomic mass is 32.1. The Bertz CT molecular complexity index is 3740. The number of benzene rings is 2. The van der Waals surface area contributed by atoms with E-state index in [9.17, 15) is 63.6 Å². The van der Waals surface area contributed by atoms with Crippen molar-refractivity contribution < 1.29 is 120 Å². The first-order valence-corrected chi connectivity index (χ1v) is 40.0. The predicted octanol–water partition coefficient (Wildman–Crippen LogP) is 3.02. The van der Waals surface area contributed by atoms with E-state index in [4.69, 9.17) is 56.8 Å². The fourth-order valence-electron chi connectivity index (χ4n) is 13.9. The number of hydrogen-bond acceptors (Lipinski definition) is 27. The molecule has 13 atom stereocenters. The first-order valence-electron chi connectivity index (χ1n) is 39.2. The van der Waals surface area contributed by atoms with E-state index in [2.05, 4.69) is 26.3 Å². The van der Waals surface area contributed by atoms with Gasteiger partial charge in [-0.05, 0) is 48.3 Å². The Morgan fingerprint density at radius 2 is 1.38 bits per heavy atom. The van der Waals surface area contributed by atoms with E-state index in [0.29, 0.717) is 117 Å². The van der Waals surface area contributed by atoms with Gasteiger partial charge in [-0.25, -0.2) is 14.3 Å². The average molecular weight is 1640 g/mol. The lowest BCUT2D eigenvalue weighted by atomic mass is 9.89. The summed E-state index contributed by atoms with van der Waals surface area (Å²) < 4.78 is 71.3. The van der Waals surface area contributed by atoms with Crippen molar-refractivity contribution in [1.82, 2.24) is 50.5 Å². The maximum Gasteiger partial charge on any atom is 0.410 e. The van der Waals surface area contributed by atoms with E-state index in [1.54, 1.807) is 99.9 Å². The van der Waals surface area contributed by atoms with Crippen molar-refractivity contribution in [1.29, 1.82) is 0 Å². The van der Waals surface area contributed by atoms with Crippen molar-refractivity contribution in [2.75, 3.05) is 134 Å². The van der Waals surface area contributed by atoms with Gasteiger partial charge in [-0.2, -0.15) is 0 Å². The maximum atomic E-state index is 15.0. The van der Waals surface area contributed by atoms with Gasteiger partial charge in [0.05, 0.1) is 161 Å². The molecule has 35 nitrogen and oxygen atoms in total. The summed E-state index contributed by atoms with van der Waals surface area (Å²) in [5, 5.41) is 58.3. The summed E-state index contributed by atoms with van der Waals surface area (Å²) in [6.07, 6.45) is -1.54. The second-order valence-corrected chi connectivity index (χ2v) is 30.4. The fraction of sp³-hybridized carbons (Fsp3) is 0.658. The predicted molar refractivity (Wildman–Crippen MR) is 416 cm³/mol. The molecule has 0 aliphatic carbocycles. The molecule has 7 rings (SSSR count). The number of aliphatic hydroxyl groups excluding tert-OH is 3. The molecule has 2 aromatic carbocycles. The number of imide groups is 1. The standard InChI is InChI=1S/C79H118N10O25S/c1-12-51(6)71(62(103-10)42-67(95)88-24-16-19-59(88)73(104-11)52(7)75(97)81-58(78(100)101)39-53-17-14-13-15-18-53)85(8)77(99)69(49(2)3)82-76(98)70(50(4)5)86(9)79(102)112-46-54-20-21-61(113-68-41-60(91)72(96)63(45-90)114-68)57-40-56(115-74(54)57)43-80-64(92)48-111-38-36-109-34-33-108-35-37-110-47-55-44-87(84-83-55)25-27-105-29-31-107-32-30-106-28-26-89-65(93)22-23-66(89)94/h13-15,17-18,20-23,40,44,49-52,58-60,62-63,68-73,90-91,96H,12,16,19,24-39,41-43,45-48H2,1-11H3,(H,80,92)(H,81,97)(H,82,98)(H,100,101)/t51?,52-,58?,59+,60-,62-,63-,68-,69?,70+,71+,72-,73-/m1/s1. The van der Waals surface area contributed by atoms with Crippen molar-refractivity contribution in [3.05, 3.63) is 88.6 Å². The van der Waals surface area contributed by atoms with Gasteiger partial charge >= 0.3 is 12.1 Å². The molecule has 3 unspecified atom stereocenters. The largest absolute Gasteiger partial charge is 0.480 e. The van der Waals surface area contributed by atoms with Crippen LogP contribution in [0.25, 0.3) is 10.1 Å². The molecule has 0 spiro atoms. The Hall–Kier alpha value is -8.21. The topological polar surface area (TPSA) is 425 Å². The third-order valence-corrected chi connectivity index (χ3v) is 21.5. The Kier molecular flexibility index (Phi) is 39.6. The number of methoxy groups -OCH3 is 2. The SMILES string of the molecule is CCC(C)[C@@H]([C@@H](CC(=O)N1CCC[C@H]1[C@H](OC)[C@@H](C)C(=O)NC(Cc1ccccc1)C(=O)O)OC)N(C)C(=O)C(NC(=O)[C@H](C(C)C)N(C)C(=O)OCc1ccc(O[C@H]2C[C@@H](O)[C@@H](O)[C@@H](CO)O2)c2cc(CNC(=O)COCCOCCOCCOCc3cn(CCOCCOCCOCCN4C(=O)C=CC4=O)nn3)sc12)C(C)C. The molecule has 640 valence electrons. The van der Waals surface area contributed by atoms with Crippen molar-refractivity contribution >= 4 is 74.8 Å². The van der Waals surface area contributed by atoms with E-state index < -0.39 is 127 Å². The van der Waals surface area contributed by atoms with Gasteiger partial charge in [-0.3, -0.25) is 43.4 Å². The number of ether oxygens (including phenoxy) is 12. The number of rotatable bonds is 53. The highest BCUT2D eigenvalue weighted by Crippen LogP contribution is 2.38. The van der Waals surface area contributed by atoms with Crippen LogP contribution >= 0.6 is 11.3 Å². The quantitative estimate of drug-likeness (QED) is 0.0247. The van der Waals surface area contributed by atoms with E-state index in [0.717, 1.165) is 10.5 Å². The molecule has 2 aromatic heterocycles. The number of carbonyl (C=O) groups excluding carboxylic acids is 8. The van der Waals surface area contributed by atoms with Crippen LogP contribution in [-0.4, -0.2) is 309 Å². The first-order chi connectivity index (χ1) is 55.2. The third-order valence-electron chi connectivity index (χ3n) is 20.3. The zero-order chi connectivity index (χ0) is 83.7. The number of fused-ring (bicyclic) bond motifs is 1. The minimum atomic E-state index is -1.35. The number of likely N-dealkylation sites (N-methyl/N-ethyl adjacent to an activating group) is 2. The van der Waals surface area contributed by atoms with Gasteiger partial charge in [0.25, 0.3) is 11.8 Å². The molecule has 0 bridgehead atoms. The molecule has 0 saturated carbocycles. The molecule has 4 aromatic rings. The zero-order valence-electron chi connectivity index (χ0n) is 67.8. The summed E-state index contributed by atoms with van der Waals surface area (Å²) in [5.74, 6) is -5.93. The van der Waals surface area contributed by atoms with Crippen LogP contribution in [0, 0.1) is 23.7 Å². The van der Waals surface area contributed by atoms with Crippen LogP contribution in [0.2, 0.25) is 0 Å². The Morgan fingerprint density at radius 3 is 1.99 bits per heavy atom. The van der Waals surface area contributed by atoms with Crippen LogP contribution in [0.3, 0.4) is 0 Å². The summed E-state index contributed by atoms with van der Waals surface area (Å²) in [5.41, 5.74) is 1.91. The second kappa shape index (κ2) is 48.5. The Balaban J connectivity index is 0.855. The smallest absolute Gasteiger partial charge is 0.410 e. The first kappa shape index (κ1) is 93.9. The van der Waals surface area contributed by atoms with Gasteiger partial charge in [-0.1, -0.05) is 96.5 Å². The monoisotopic (exact) mass is 1640 g/mol. The minimum absolute atomic E-state index is 0.0594. The van der Waals surface area contributed by atoms with Gasteiger partial charge in [0.1, 0.15) is 55.0 Å². The number of aromatic nitrogens is 3. The van der Waals surface area contributed by atoms with E-state index in [-0.39, 0.29) is 102 Å². The third kappa shape index (κ3) is 28.6. The van der Waals surface area contributed by atoms with Crippen LogP contribution in [0.1, 0.15) is 102 Å². The molecule has 3 aliphatic rings. The number of thiophene rings is 1. The van der Waals surface area contributed by atoms with Crippen molar-refractivity contribution in [2.45, 2.75) is 180 Å². The summed E-state index contributed by atoms with van der Waals surface area (Å²) in [6.45, 7) is 16.4. The van der Waals surface area contributed by atoms with Crippen LogP contribution in [0.15, 0.2) is 66.9 Å². The minimum Gasteiger partial charge on any atom is -0.480 e. The van der Waals surface area contributed by atoms with Crippen LogP contribution in [0.4, 0.5) is 4.79 Å². The summed E-state index contributed by atoms with van der Waals surface area (Å²) in [6, 6.07) is 9.38. The molecule has 2 fully saturated rings. The van der Waals surface area contributed by atoms with Gasteiger partial charge < -0.3 is 103 Å². The summed E-state index contributed by atoms with van der Waals surface area (Å²) in [4.78, 5) is 127. The molecule has 0 radical (unpaired) electrons. The van der Waals surface area contributed by atoms with E-state index >= 15 is 0 Å². The zero-order valence-corrected chi connectivity index (χ0v) is 68.6. The Labute approximate surface area is 675 Å². The normalized spacial score (nSPS) is 19.1. The molecular weight excluding hydrogens is 1520 g/mol. The number of aliphatic hydroxyl groups is 3. The lowest BCUT2D eigenvalue weighted by Crippen LogP contribution is -2.60. The highest BCUT2D eigenvalue weighted by Gasteiger charge is 2.45. The van der Waals surface area contributed by atoms with E-state index in [1.165, 1.54) is 54.6 Å². The second-order valence-electron chi connectivity index (χ2n) is 29.2. The van der Waals surface area contributed by atoms with Gasteiger partial charge in [-0.15, -0.1) is 16.4 Å². The van der Waals surface area contributed by atoms with Crippen molar-refractivity contribution in [3.63, 3.8) is 0 Å². The lowest BCUT2D eigenvalue weighted by Gasteiger charge is -2.41. The maximum absolute atomic E-state index is 15.0. The van der Waals surface area contributed by atoms with Crippen LogP contribution in [0.5, 0.6) is 5.75 Å². The van der Waals surface area contributed by atoms with Gasteiger partial charge in [0, 0.05) is 80.4 Å².